The predicted octanol–water partition coefficient (Wildman–Crippen LogP) is -0.939. The molecule has 2 amide bonds. The van der Waals surface area contributed by atoms with Gasteiger partial charge in [-0.2, -0.15) is 9.57 Å². The number of amides is 2. The first-order valence-corrected chi connectivity index (χ1v) is 5.97. The van der Waals surface area contributed by atoms with E-state index >= 15 is 0 Å². The zero-order valence-electron chi connectivity index (χ0n) is 10.7. The van der Waals surface area contributed by atoms with Gasteiger partial charge in [0.1, 0.15) is 5.36 Å². The summed E-state index contributed by atoms with van der Waals surface area (Å²) in [7, 11) is 0. The number of hydrogen-bond acceptors (Lipinski definition) is 4. The quantitative estimate of drug-likeness (QED) is 0.400. The molecule has 1 heterocycles. The lowest BCUT2D eigenvalue weighted by molar-refractivity contribution is -0.138. The predicted molar refractivity (Wildman–Crippen MR) is 65.0 cm³/mol. The summed E-state index contributed by atoms with van der Waals surface area (Å²) in [6.07, 6.45) is 0. The molecule has 0 fully saturated rings. The van der Waals surface area contributed by atoms with Gasteiger partial charge in [-0.25, -0.2) is 9.59 Å². The van der Waals surface area contributed by atoms with Gasteiger partial charge in [0.05, 0.1) is 12.2 Å². The first-order chi connectivity index (χ1) is 9.08. The second-order valence-corrected chi connectivity index (χ2v) is 3.89. The molecule has 98 valence electrons. The third kappa shape index (κ3) is 2.29. The zero-order valence-corrected chi connectivity index (χ0v) is 10.7. The van der Waals surface area contributed by atoms with Gasteiger partial charge in [-0.1, -0.05) is 0 Å². The molecule has 0 atom stereocenters. The van der Waals surface area contributed by atoms with Crippen molar-refractivity contribution >= 4 is 17.8 Å². The van der Waals surface area contributed by atoms with Crippen LogP contribution >= 0.6 is 0 Å². The molecule has 0 saturated carbocycles. The van der Waals surface area contributed by atoms with Gasteiger partial charge in [-0.3, -0.25) is 4.79 Å². The number of carbonyl (C=O) groups excluding carboxylic acids is 3. The fraction of sp³-hybridized carbons (Fsp3) is 0.308. The molecule has 0 saturated heterocycles. The molecular weight excluding hydrogens is 248 g/mol. The highest BCUT2D eigenvalue weighted by molar-refractivity contribution is 6.36. The molecule has 1 aliphatic rings. The number of fused-ring (bicyclic) bond motifs is 1. The fourth-order valence-electron chi connectivity index (χ4n) is 1.88. The minimum atomic E-state index is -0.824. The molecule has 0 spiro atoms. The minimum Gasteiger partial charge on any atom is -0.462 e. The lowest BCUT2D eigenvalue weighted by atomic mass is 10.2. The van der Waals surface area contributed by atoms with E-state index in [2.05, 4.69) is 4.99 Å². The summed E-state index contributed by atoms with van der Waals surface area (Å²) in [6, 6.07) is 4.61. The molecule has 0 radical (unpaired) electrons. The van der Waals surface area contributed by atoms with Crippen molar-refractivity contribution in [3.63, 3.8) is 0 Å². The number of carbonyl (C=O) groups is 3. The minimum absolute atomic E-state index is 0.269. The normalized spacial score (nSPS) is 13.9. The van der Waals surface area contributed by atoms with Crippen LogP contribution in [0.3, 0.4) is 0 Å². The van der Waals surface area contributed by atoms with Crippen LogP contribution in [0.5, 0.6) is 0 Å². The van der Waals surface area contributed by atoms with E-state index in [0.29, 0.717) is 22.8 Å². The molecule has 1 aromatic carbocycles. The van der Waals surface area contributed by atoms with Crippen LogP contribution in [0.15, 0.2) is 23.2 Å². The molecule has 1 aromatic rings. The second kappa shape index (κ2) is 5.09. The first-order valence-electron chi connectivity index (χ1n) is 5.97. The molecule has 0 N–H and O–H groups in total. The van der Waals surface area contributed by atoms with Gasteiger partial charge >= 0.3 is 17.8 Å². The summed E-state index contributed by atoms with van der Waals surface area (Å²) >= 11 is 0. The Hall–Kier alpha value is -2.37. The number of esters is 1. The Kier molecular flexibility index (Phi) is 3.50. The van der Waals surface area contributed by atoms with Crippen LogP contribution in [-0.2, 0) is 14.3 Å². The summed E-state index contributed by atoms with van der Waals surface area (Å²) in [5.41, 5.74) is 0.308. The zero-order chi connectivity index (χ0) is 14.0. The van der Waals surface area contributed by atoms with E-state index in [4.69, 9.17) is 4.74 Å². The Morgan fingerprint density at radius 3 is 2.68 bits per heavy atom. The Morgan fingerprint density at radius 1 is 1.32 bits per heavy atom. The Morgan fingerprint density at radius 2 is 2.05 bits per heavy atom. The van der Waals surface area contributed by atoms with E-state index < -0.39 is 17.8 Å². The topological polar surface area (TPSA) is 75.8 Å². The van der Waals surface area contributed by atoms with Gasteiger partial charge in [-0.05, 0) is 26.0 Å². The maximum absolute atomic E-state index is 11.6. The van der Waals surface area contributed by atoms with Gasteiger partial charge < -0.3 is 4.74 Å². The Labute approximate surface area is 109 Å². The van der Waals surface area contributed by atoms with Gasteiger partial charge in [0.15, 0.2) is 6.54 Å². The molecule has 6 heteroatoms. The first kappa shape index (κ1) is 13.1. The third-order valence-electron chi connectivity index (χ3n) is 2.74. The van der Waals surface area contributed by atoms with Crippen molar-refractivity contribution in [1.29, 1.82) is 0 Å². The molecule has 19 heavy (non-hydrogen) atoms. The Balaban J connectivity index is 2.64. The highest BCUT2D eigenvalue weighted by atomic mass is 16.5. The van der Waals surface area contributed by atoms with Crippen molar-refractivity contribution in [3.8, 4) is 0 Å². The van der Waals surface area contributed by atoms with Crippen LogP contribution in [0.25, 0.3) is 0 Å². The molecule has 1 aliphatic heterocycles. The number of nitrogens with zero attached hydrogens (tertiary/aromatic N) is 2. The SMILES string of the molecule is CCOC(=O)c1ccc2c(c1)=NC(=O)C(=O)[N+]=2CC. The van der Waals surface area contributed by atoms with Crippen LogP contribution in [-0.4, -0.2) is 30.9 Å². The second-order valence-electron chi connectivity index (χ2n) is 3.89. The van der Waals surface area contributed by atoms with Gasteiger partial charge in [0.25, 0.3) is 0 Å². The standard InChI is InChI=1S/C13H13N2O4/c1-3-15-10-6-5-8(13(18)19-4-2)7-9(10)14-11(16)12(15)17/h5-7H,3-4H2,1-2H3/q+1. The maximum Gasteiger partial charge on any atom is 0.480 e. The van der Waals surface area contributed by atoms with E-state index in [1.165, 1.54) is 10.6 Å². The molecule has 0 unspecified atom stereocenters. The van der Waals surface area contributed by atoms with Crippen molar-refractivity contribution in [3.05, 3.63) is 34.5 Å². The summed E-state index contributed by atoms with van der Waals surface area (Å²) in [4.78, 5) is 38.4. The van der Waals surface area contributed by atoms with E-state index in [1.807, 2.05) is 0 Å². The largest absolute Gasteiger partial charge is 0.480 e. The number of benzene rings is 1. The number of ether oxygens (including phenoxy) is 1. The summed E-state index contributed by atoms with van der Waals surface area (Å²) in [5.74, 6) is -1.96. The Bertz CT molecular complexity index is 691. The number of likely N-dealkylation sites (N-methyl/N-ethyl adjacent to an activating group) is 1. The van der Waals surface area contributed by atoms with Gasteiger partial charge in [0.2, 0.25) is 5.36 Å². The maximum atomic E-state index is 11.6. The molecular formula is C13H13N2O4+. The van der Waals surface area contributed by atoms with Crippen molar-refractivity contribution in [2.75, 3.05) is 13.2 Å². The van der Waals surface area contributed by atoms with Gasteiger partial charge in [0, 0.05) is 6.07 Å². The van der Waals surface area contributed by atoms with E-state index in [1.54, 1.807) is 26.0 Å². The summed E-state index contributed by atoms with van der Waals surface area (Å²) < 4.78 is 6.21. The fourth-order valence-corrected chi connectivity index (χ4v) is 1.88. The van der Waals surface area contributed by atoms with Crippen LogP contribution in [0.4, 0.5) is 0 Å². The smallest absolute Gasteiger partial charge is 0.462 e. The molecule has 6 nitrogen and oxygen atoms in total. The lowest BCUT2D eigenvalue weighted by Crippen LogP contribution is -2.50. The number of rotatable bonds is 3. The van der Waals surface area contributed by atoms with Crippen molar-refractivity contribution in [2.45, 2.75) is 13.8 Å². The summed E-state index contributed by atoms with van der Waals surface area (Å²) in [6.45, 7) is 4.11. The van der Waals surface area contributed by atoms with Crippen LogP contribution in [0.2, 0.25) is 0 Å². The molecule has 0 aliphatic carbocycles. The average molecular weight is 261 g/mol. The third-order valence-corrected chi connectivity index (χ3v) is 2.74. The van der Waals surface area contributed by atoms with Crippen molar-refractivity contribution in [2.24, 2.45) is 4.99 Å². The van der Waals surface area contributed by atoms with E-state index in [9.17, 15) is 14.4 Å². The monoisotopic (exact) mass is 261 g/mol. The van der Waals surface area contributed by atoms with E-state index in [-0.39, 0.29) is 6.61 Å². The van der Waals surface area contributed by atoms with Crippen LogP contribution < -0.4 is 15.3 Å². The average Bonchev–Trinajstić information content (AvgIpc) is 2.40. The highest BCUT2D eigenvalue weighted by Crippen LogP contribution is 1.97. The number of hydrogen-bond donors (Lipinski definition) is 0. The van der Waals surface area contributed by atoms with Gasteiger partial charge in [-0.15, -0.1) is 0 Å². The highest BCUT2D eigenvalue weighted by Gasteiger charge is 2.30. The molecule has 2 rings (SSSR count). The lowest BCUT2D eigenvalue weighted by Gasteiger charge is -2.03. The molecule has 0 bridgehead atoms. The summed E-state index contributed by atoms with van der Waals surface area (Å²) in [5, 5.41) is 0.845. The van der Waals surface area contributed by atoms with Crippen molar-refractivity contribution < 1.29 is 19.1 Å². The molecule has 0 aromatic heterocycles. The van der Waals surface area contributed by atoms with Crippen molar-refractivity contribution in [1.82, 2.24) is 4.58 Å². The van der Waals surface area contributed by atoms with Crippen LogP contribution in [0, 0.1) is 0 Å². The van der Waals surface area contributed by atoms with E-state index in [0.717, 1.165) is 0 Å². The van der Waals surface area contributed by atoms with Crippen LogP contribution in [0.1, 0.15) is 24.2 Å².